The highest BCUT2D eigenvalue weighted by atomic mass is 16.4. The van der Waals surface area contributed by atoms with E-state index in [0.29, 0.717) is 11.3 Å². The second-order valence-electron chi connectivity index (χ2n) is 6.43. The summed E-state index contributed by atoms with van der Waals surface area (Å²) in [5.41, 5.74) is 2.64. The number of nitrogens with one attached hydrogen (secondary N) is 1. The number of rotatable bonds is 2. The average Bonchev–Trinajstić information content (AvgIpc) is 2.64. The van der Waals surface area contributed by atoms with Gasteiger partial charge < -0.3 is 9.73 Å². The lowest BCUT2D eigenvalue weighted by atomic mass is 10.0. The molecule has 26 heavy (non-hydrogen) atoms. The summed E-state index contributed by atoms with van der Waals surface area (Å²) in [6, 6.07) is 18.7. The third kappa shape index (κ3) is 2.75. The van der Waals surface area contributed by atoms with Crippen LogP contribution in [0.5, 0.6) is 0 Å². The Morgan fingerprint density at radius 2 is 1.62 bits per heavy atom. The molecule has 0 saturated heterocycles. The number of amides is 1. The molecule has 0 radical (unpaired) electrons. The van der Waals surface area contributed by atoms with Crippen LogP contribution in [0.2, 0.25) is 0 Å². The van der Waals surface area contributed by atoms with Crippen molar-refractivity contribution >= 4 is 33.3 Å². The van der Waals surface area contributed by atoms with Crippen molar-refractivity contribution < 1.29 is 9.21 Å². The number of benzene rings is 3. The van der Waals surface area contributed by atoms with Crippen molar-refractivity contribution in [2.75, 3.05) is 5.32 Å². The van der Waals surface area contributed by atoms with Gasteiger partial charge in [0.15, 0.2) is 0 Å². The molecule has 4 aromatic rings. The second-order valence-corrected chi connectivity index (χ2v) is 6.43. The monoisotopic (exact) mass is 343 g/mol. The van der Waals surface area contributed by atoms with Crippen LogP contribution in [0.25, 0.3) is 21.7 Å². The number of carbonyl (C=O) groups excluding carboxylic acids is 1. The van der Waals surface area contributed by atoms with Gasteiger partial charge in [0.1, 0.15) is 11.1 Å². The van der Waals surface area contributed by atoms with Gasteiger partial charge >= 0.3 is 5.63 Å². The first-order chi connectivity index (χ1) is 12.5. The van der Waals surface area contributed by atoms with Crippen molar-refractivity contribution in [3.63, 3.8) is 0 Å². The minimum atomic E-state index is -0.642. The van der Waals surface area contributed by atoms with Crippen LogP contribution in [-0.2, 0) is 0 Å². The fourth-order valence-electron chi connectivity index (χ4n) is 3.13. The number of hydrogen-bond donors (Lipinski definition) is 1. The molecule has 4 rings (SSSR count). The van der Waals surface area contributed by atoms with E-state index < -0.39 is 11.5 Å². The molecule has 0 atom stereocenters. The van der Waals surface area contributed by atoms with Gasteiger partial charge in [-0.05, 0) is 49.1 Å². The smallest absolute Gasteiger partial charge is 0.349 e. The first-order valence-electron chi connectivity index (χ1n) is 8.37. The summed E-state index contributed by atoms with van der Waals surface area (Å²) in [7, 11) is 0. The SMILES string of the molecule is Cc1ccc(NC(=O)c2cc3cc(C)c4ccccc4c3oc2=O)cc1. The van der Waals surface area contributed by atoms with Gasteiger partial charge in [0, 0.05) is 16.5 Å². The van der Waals surface area contributed by atoms with Crippen LogP contribution in [-0.4, -0.2) is 5.91 Å². The van der Waals surface area contributed by atoms with E-state index in [0.717, 1.165) is 27.3 Å². The Labute approximate surface area is 150 Å². The third-order valence-corrected chi connectivity index (χ3v) is 4.50. The molecule has 128 valence electrons. The van der Waals surface area contributed by atoms with Crippen LogP contribution >= 0.6 is 0 Å². The molecule has 1 amide bonds. The maximum atomic E-state index is 12.5. The molecule has 0 aliphatic rings. The third-order valence-electron chi connectivity index (χ3n) is 4.50. The van der Waals surface area contributed by atoms with Crippen LogP contribution in [0.15, 0.2) is 69.9 Å². The molecule has 0 aliphatic carbocycles. The number of aryl methyl sites for hydroxylation is 2. The van der Waals surface area contributed by atoms with Gasteiger partial charge in [0.25, 0.3) is 5.91 Å². The molecule has 0 aliphatic heterocycles. The molecule has 4 nitrogen and oxygen atoms in total. The fourth-order valence-corrected chi connectivity index (χ4v) is 3.13. The number of carbonyl (C=O) groups is 1. The maximum Gasteiger partial charge on any atom is 0.349 e. The van der Waals surface area contributed by atoms with Crippen molar-refractivity contribution in [3.8, 4) is 0 Å². The summed E-state index contributed by atoms with van der Waals surface area (Å²) in [5.74, 6) is -0.477. The molecular weight excluding hydrogens is 326 g/mol. The summed E-state index contributed by atoms with van der Waals surface area (Å²) in [6.07, 6.45) is 0. The van der Waals surface area contributed by atoms with E-state index in [1.807, 2.05) is 56.3 Å². The lowest BCUT2D eigenvalue weighted by Gasteiger charge is -2.08. The Hall–Kier alpha value is -3.40. The molecule has 1 heterocycles. The molecule has 4 heteroatoms. The van der Waals surface area contributed by atoms with E-state index in [4.69, 9.17) is 4.42 Å². The standard InChI is InChI=1S/C22H17NO3/c1-13-7-9-16(10-8-13)23-21(24)19-12-15-11-14(2)17-5-3-4-6-18(17)20(15)26-22(19)25/h3-12H,1-2H3,(H,23,24). The Balaban J connectivity index is 1.82. The zero-order chi connectivity index (χ0) is 18.3. The van der Waals surface area contributed by atoms with Gasteiger partial charge in [-0.25, -0.2) is 4.79 Å². The molecule has 1 aromatic heterocycles. The Morgan fingerprint density at radius 1 is 0.923 bits per heavy atom. The summed E-state index contributed by atoms with van der Waals surface area (Å²) in [6.45, 7) is 3.97. The molecule has 0 bridgehead atoms. The van der Waals surface area contributed by atoms with E-state index in [2.05, 4.69) is 5.32 Å². The van der Waals surface area contributed by atoms with Crippen molar-refractivity contribution in [2.45, 2.75) is 13.8 Å². The van der Waals surface area contributed by atoms with Gasteiger partial charge in [-0.15, -0.1) is 0 Å². The van der Waals surface area contributed by atoms with Gasteiger partial charge in [-0.2, -0.15) is 0 Å². The zero-order valence-electron chi connectivity index (χ0n) is 14.5. The second kappa shape index (κ2) is 6.15. The molecule has 0 unspecified atom stereocenters. The van der Waals surface area contributed by atoms with Crippen LogP contribution in [0.3, 0.4) is 0 Å². The molecule has 1 N–H and O–H groups in total. The number of hydrogen-bond acceptors (Lipinski definition) is 3. The van der Waals surface area contributed by atoms with Crippen molar-refractivity contribution in [2.24, 2.45) is 0 Å². The topological polar surface area (TPSA) is 59.3 Å². The molecule has 0 fully saturated rings. The maximum absolute atomic E-state index is 12.5. The van der Waals surface area contributed by atoms with E-state index in [1.54, 1.807) is 18.2 Å². The van der Waals surface area contributed by atoms with Gasteiger partial charge in [-0.1, -0.05) is 42.0 Å². The van der Waals surface area contributed by atoms with Gasteiger partial charge in [0.05, 0.1) is 0 Å². The number of anilines is 1. The quantitative estimate of drug-likeness (QED) is 0.419. The van der Waals surface area contributed by atoms with Gasteiger partial charge in [0.2, 0.25) is 0 Å². The number of fused-ring (bicyclic) bond motifs is 3. The van der Waals surface area contributed by atoms with E-state index >= 15 is 0 Å². The van der Waals surface area contributed by atoms with Crippen molar-refractivity contribution in [1.29, 1.82) is 0 Å². The van der Waals surface area contributed by atoms with E-state index in [1.165, 1.54) is 0 Å². The largest absolute Gasteiger partial charge is 0.421 e. The Kier molecular flexibility index (Phi) is 3.81. The fraction of sp³-hybridized carbons (Fsp3) is 0.0909. The normalized spacial score (nSPS) is 11.0. The summed E-state index contributed by atoms with van der Waals surface area (Å²) < 4.78 is 5.52. The van der Waals surface area contributed by atoms with Crippen LogP contribution in [0.4, 0.5) is 5.69 Å². The lowest BCUT2D eigenvalue weighted by Crippen LogP contribution is -2.20. The average molecular weight is 343 g/mol. The van der Waals surface area contributed by atoms with Crippen molar-refractivity contribution in [1.82, 2.24) is 0 Å². The van der Waals surface area contributed by atoms with Crippen molar-refractivity contribution in [3.05, 3.63) is 87.8 Å². The summed E-state index contributed by atoms with van der Waals surface area (Å²) in [5, 5.41) is 5.37. The highest BCUT2D eigenvalue weighted by Crippen LogP contribution is 2.28. The van der Waals surface area contributed by atoms with E-state index in [-0.39, 0.29) is 5.56 Å². The minimum absolute atomic E-state index is 0.00671. The van der Waals surface area contributed by atoms with Gasteiger partial charge in [-0.3, -0.25) is 4.79 Å². The van der Waals surface area contributed by atoms with E-state index in [9.17, 15) is 9.59 Å². The molecule has 0 spiro atoms. The van der Waals surface area contributed by atoms with Crippen LogP contribution < -0.4 is 10.9 Å². The van der Waals surface area contributed by atoms with Crippen LogP contribution in [0.1, 0.15) is 21.5 Å². The minimum Gasteiger partial charge on any atom is -0.421 e. The highest BCUT2D eigenvalue weighted by molar-refractivity contribution is 6.09. The predicted molar refractivity (Wildman–Crippen MR) is 104 cm³/mol. The first-order valence-corrected chi connectivity index (χ1v) is 8.37. The summed E-state index contributed by atoms with van der Waals surface area (Å²) >= 11 is 0. The molecule has 0 saturated carbocycles. The first kappa shape index (κ1) is 16.1. The molecular formula is C22H17NO3. The molecule has 3 aromatic carbocycles. The predicted octanol–water partition coefficient (Wildman–Crippen LogP) is 4.82. The summed E-state index contributed by atoms with van der Waals surface area (Å²) in [4.78, 5) is 25.0. The highest BCUT2D eigenvalue weighted by Gasteiger charge is 2.16. The Bertz CT molecular complexity index is 1200. The Morgan fingerprint density at radius 3 is 2.35 bits per heavy atom. The zero-order valence-corrected chi connectivity index (χ0v) is 14.5. The lowest BCUT2D eigenvalue weighted by molar-refractivity contribution is 0.102. The van der Waals surface area contributed by atoms with Crippen LogP contribution in [0, 0.1) is 13.8 Å².